The summed E-state index contributed by atoms with van der Waals surface area (Å²) < 4.78 is 30.7. The Bertz CT molecular complexity index is 623. The third-order valence-corrected chi connectivity index (χ3v) is 3.73. The molecule has 0 aliphatic heterocycles. The highest BCUT2D eigenvalue weighted by Crippen LogP contribution is 2.22. The second-order valence-electron chi connectivity index (χ2n) is 3.78. The Morgan fingerprint density at radius 1 is 1.30 bits per heavy atom. The van der Waals surface area contributed by atoms with Crippen molar-refractivity contribution in [1.29, 1.82) is 0 Å². The van der Waals surface area contributed by atoms with Gasteiger partial charge in [-0.25, -0.2) is 17.9 Å². The quantitative estimate of drug-likeness (QED) is 0.811. The molecule has 1 aromatic carbocycles. The summed E-state index contributed by atoms with van der Waals surface area (Å²) in [5, 5.41) is 9.05. The normalized spacial score (nSPS) is 10.9. The van der Waals surface area contributed by atoms with Crippen molar-refractivity contribution in [3.8, 4) is 5.75 Å². The van der Waals surface area contributed by atoms with Crippen LogP contribution in [0.5, 0.6) is 5.75 Å². The van der Waals surface area contributed by atoms with Crippen LogP contribution in [0.2, 0.25) is 0 Å². The van der Waals surface area contributed by atoms with Crippen LogP contribution in [0.1, 0.15) is 30.6 Å². The lowest BCUT2D eigenvalue weighted by molar-refractivity contribution is -0.119. The number of carboxylic acid groups (broad SMARTS) is 1. The van der Waals surface area contributed by atoms with Crippen molar-refractivity contribution in [2.24, 2.45) is 0 Å². The summed E-state index contributed by atoms with van der Waals surface area (Å²) in [4.78, 5) is 21.9. The number of benzene rings is 1. The number of carboxylic acids is 1. The molecule has 7 nitrogen and oxygen atoms in total. The van der Waals surface area contributed by atoms with Crippen LogP contribution in [0, 0.1) is 0 Å². The van der Waals surface area contributed by atoms with E-state index >= 15 is 0 Å². The predicted molar refractivity (Wildman–Crippen MR) is 70.2 cm³/mol. The number of carbonyl (C=O) groups excluding carboxylic acids is 1. The van der Waals surface area contributed by atoms with Crippen LogP contribution in [0.15, 0.2) is 23.1 Å². The average molecular weight is 301 g/mol. The molecule has 0 unspecified atom stereocenters. The maximum atomic E-state index is 11.9. The maximum absolute atomic E-state index is 11.9. The Morgan fingerprint density at radius 3 is 2.45 bits per heavy atom. The Labute approximate surface area is 116 Å². The number of nitrogens with one attached hydrogen (secondary N) is 1. The predicted octanol–water partition coefficient (Wildman–Crippen LogP) is 0.998. The molecule has 0 aromatic heterocycles. The van der Waals surface area contributed by atoms with Crippen molar-refractivity contribution in [3.05, 3.63) is 23.8 Å². The van der Waals surface area contributed by atoms with Gasteiger partial charge in [0.25, 0.3) is 10.0 Å². The zero-order valence-electron chi connectivity index (χ0n) is 11.0. The minimum atomic E-state index is -4.08. The van der Waals surface area contributed by atoms with E-state index in [1.165, 1.54) is 19.1 Å². The lowest BCUT2D eigenvalue weighted by Gasteiger charge is -2.10. The fourth-order valence-electron chi connectivity index (χ4n) is 1.41. The molecule has 2 N–H and O–H groups in total. The average Bonchev–Trinajstić information content (AvgIpc) is 2.38. The molecule has 0 saturated heterocycles. The number of rotatable bonds is 6. The summed E-state index contributed by atoms with van der Waals surface area (Å²) >= 11 is 0. The number of ether oxygens (including phenoxy) is 1. The first-order valence-corrected chi connectivity index (χ1v) is 7.36. The van der Waals surface area contributed by atoms with Crippen molar-refractivity contribution in [2.45, 2.75) is 25.2 Å². The summed E-state index contributed by atoms with van der Waals surface area (Å²) in [6, 6.07) is 3.39. The van der Waals surface area contributed by atoms with Crippen LogP contribution in [0.25, 0.3) is 0 Å². The van der Waals surface area contributed by atoms with E-state index in [2.05, 4.69) is 0 Å². The van der Waals surface area contributed by atoms with Crippen LogP contribution in [0.4, 0.5) is 0 Å². The smallest absolute Gasteiger partial charge is 0.339 e. The first-order chi connectivity index (χ1) is 9.31. The Hall–Kier alpha value is -2.09. The van der Waals surface area contributed by atoms with E-state index in [0.717, 1.165) is 6.07 Å². The topological polar surface area (TPSA) is 110 Å². The lowest BCUT2D eigenvalue weighted by Crippen LogP contribution is -2.30. The molecule has 0 heterocycles. The largest absolute Gasteiger partial charge is 0.493 e. The molecular weight excluding hydrogens is 286 g/mol. The zero-order chi connectivity index (χ0) is 15.3. The fourth-order valence-corrected chi connectivity index (χ4v) is 2.49. The first kappa shape index (κ1) is 16.0. The number of sulfonamides is 1. The molecule has 0 atom stereocenters. The number of hydrogen-bond acceptors (Lipinski definition) is 5. The van der Waals surface area contributed by atoms with Crippen molar-refractivity contribution in [1.82, 2.24) is 4.72 Å². The molecule has 1 rings (SSSR count). The second-order valence-corrected chi connectivity index (χ2v) is 5.46. The highest BCUT2D eigenvalue weighted by molar-refractivity contribution is 7.90. The minimum absolute atomic E-state index is 0.00203. The van der Waals surface area contributed by atoms with E-state index in [4.69, 9.17) is 9.84 Å². The maximum Gasteiger partial charge on any atom is 0.339 e. The van der Waals surface area contributed by atoms with E-state index in [-0.39, 0.29) is 29.2 Å². The molecule has 0 spiro atoms. The van der Waals surface area contributed by atoms with E-state index in [1.54, 1.807) is 6.92 Å². The van der Waals surface area contributed by atoms with Gasteiger partial charge in [0.1, 0.15) is 11.3 Å². The van der Waals surface area contributed by atoms with Gasteiger partial charge in [0.05, 0.1) is 11.5 Å². The molecule has 0 radical (unpaired) electrons. The standard InChI is InChI=1S/C12H15NO6S/c1-3-11(14)13-20(17,18)8-5-6-10(19-4-2)9(7-8)12(15)16/h5-7H,3-4H2,1-2H3,(H,13,14)(H,15,16). The Kier molecular flexibility index (Phi) is 5.09. The highest BCUT2D eigenvalue weighted by atomic mass is 32.2. The van der Waals surface area contributed by atoms with Crippen LogP contribution in [-0.2, 0) is 14.8 Å². The van der Waals surface area contributed by atoms with Gasteiger partial charge in [-0.2, -0.15) is 0 Å². The monoisotopic (exact) mass is 301 g/mol. The van der Waals surface area contributed by atoms with E-state index in [0.29, 0.717) is 0 Å². The summed E-state index contributed by atoms with van der Waals surface area (Å²) in [7, 11) is -4.08. The highest BCUT2D eigenvalue weighted by Gasteiger charge is 2.21. The van der Waals surface area contributed by atoms with Crippen LogP contribution >= 0.6 is 0 Å². The first-order valence-electron chi connectivity index (χ1n) is 5.87. The third-order valence-electron chi connectivity index (χ3n) is 2.36. The molecular formula is C12H15NO6S. The van der Waals surface area contributed by atoms with Gasteiger partial charge in [0.15, 0.2) is 0 Å². The van der Waals surface area contributed by atoms with E-state index < -0.39 is 21.9 Å². The number of amides is 1. The molecule has 0 fully saturated rings. The summed E-state index contributed by atoms with van der Waals surface area (Å²) in [6.45, 7) is 3.43. The van der Waals surface area contributed by atoms with Gasteiger partial charge in [-0.1, -0.05) is 6.92 Å². The van der Waals surface area contributed by atoms with Crippen molar-refractivity contribution in [3.63, 3.8) is 0 Å². The molecule has 0 aliphatic rings. The molecule has 20 heavy (non-hydrogen) atoms. The van der Waals surface area contributed by atoms with E-state index in [9.17, 15) is 18.0 Å². The van der Waals surface area contributed by atoms with E-state index in [1.807, 2.05) is 4.72 Å². The summed E-state index contributed by atoms with van der Waals surface area (Å²) in [5.41, 5.74) is -0.279. The molecule has 110 valence electrons. The number of carbonyl (C=O) groups is 2. The number of hydrogen-bond donors (Lipinski definition) is 2. The van der Waals surface area contributed by atoms with Crippen molar-refractivity contribution >= 4 is 21.9 Å². The van der Waals surface area contributed by atoms with Gasteiger partial charge in [-0.3, -0.25) is 4.79 Å². The van der Waals surface area contributed by atoms with Crippen LogP contribution in [-0.4, -0.2) is 32.0 Å². The van der Waals surface area contributed by atoms with Gasteiger partial charge >= 0.3 is 5.97 Å². The molecule has 1 aromatic rings. The summed E-state index contributed by atoms with van der Waals surface area (Å²) in [6.07, 6.45) is 0.00203. The Balaban J connectivity index is 3.24. The van der Waals surface area contributed by atoms with Crippen LogP contribution < -0.4 is 9.46 Å². The minimum Gasteiger partial charge on any atom is -0.493 e. The third kappa shape index (κ3) is 3.70. The molecule has 8 heteroatoms. The Morgan fingerprint density at radius 2 is 1.95 bits per heavy atom. The molecule has 0 bridgehead atoms. The van der Waals surface area contributed by atoms with Gasteiger partial charge in [0.2, 0.25) is 5.91 Å². The molecule has 0 saturated carbocycles. The molecule has 1 amide bonds. The molecule has 0 aliphatic carbocycles. The van der Waals surface area contributed by atoms with Crippen LogP contribution in [0.3, 0.4) is 0 Å². The van der Waals surface area contributed by atoms with Gasteiger partial charge in [0, 0.05) is 6.42 Å². The SMILES string of the molecule is CCOc1ccc(S(=O)(=O)NC(=O)CC)cc1C(=O)O. The van der Waals surface area contributed by atoms with Gasteiger partial charge in [-0.05, 0) is 25.1 Å². The van der Waals surface area contributed by atoms with Gasteiger partial charge in [-0.15, -0.1) is 0 Å². The number of aromatic carboxylic acids is 1. The van der Waals surface area contributed by atoms with Crippen molar-refractivity contribution < 1.29 is 27.9 Å². The zero-order valence-corrected chi connectivity index (χ0v) is 11.9. The summed E-state index contributed by atoms with van der Waals surface area (Å²) in [5.74, 6) is -1.91. The van der Waals surface area contributed by atoms with Crippen molar-refractivity contribution in [2.75, 3.05) is 6.61 Å². The lowest BCUT2D eigenvalue weighted by atomic mass is 10.2. The second kappa shape index (κ2) is 6.38. The fraction of sp³-hybridized carbons (Fsp3) is 0.333. The van der Waals surface area contributed by atoms with Gasteiger partial charge < -0.3 is 9.84 Å².